The standard InChI is InChI=1S/C11H21N3O/c1-9(2)14-7-6-11(13-14)5-4-10(12)8-15-3/h6-7,9-10H,4-5,8,12H2,1-3H3. The van der Waals surface area contributed by atoms with Gasteiger partial charge in [-0.1, -0.05) is 0 Å². The van der Waals surface area contributed by atoms with Crippen LogP contribution in [0.25, 0.3) is 0 Å². The van der Waals surface area contributed by atoms with Gasteiger partial charge in [-0.25, -0.2) is 0 Å². The maximum absolute atomic E-state index is 5.84. The van der Waals surface area contributed by atoms with Gasteiger partial charge in [-0.2, -0.15) is 5.10 Å². The van der Waals surface area contributed by atoms with E-state index < -0.39 is 0 Å². The fourth-order valence-electron chi connectivity index (χ4n) is 1.43. The van der Waals surface area contributed by atoms with E-state index in [1.165, 1.54) is 0 Å². The van der Waals surface area contributed by atoms with Crippen LogP contribution in [0.4, 0.5) is 0 Å². The van der Waals surface area contributed by atoms with Crippen molar-refractivity contribution >= 4 is 0 Å². The SMILES string of the molecule is COCC(N)CCc1ccn(C(C)C)n1. The molecule has 2 N–H and O–H groups in total. The monoisotopic (exact) mass is 211 g/mol. The molecule has 0 aliphatic rings. The molecule has 1 heterocycles. The van der Waals surface area contributed by atoms with Crippen LogP contribution >= 0.6 is 0 Å². The summed E-state index contributed by atoms with van der Waals surface area (Å²) in [4.78, 5) is 0. The van der Waals surface area contributed by atoms with Crippen molar-refractivity contribution in [3.63, 3.8) is 0 Å². The number of nitrogens with two attached hydrogens (primary N) is 1. The molecule has 0 aliphatic carbocycles. The van der Waals surface area contributed by atoms with Crippen molar-refractivity contribution in [1.82, 2.24) is 9.78 Å². The van der Waals surface area contributed by atoms with Crippen molar-refractivity contribution in [3.8, 4) is 0 Å². The largest absolute Gasteiger partial charge is 0.383 e. The molecular weight excluding hydrogens is 190 g/mol. The molecule has 0 fully saturated rings. The zero-order valence-electron chi connectivity index (χ0n) is 9.81. The Morgan fingerprint density at radius 2 is 2.27 bits per heavy atom. The lowest BCUT2D eigenvalue weighted by atomic mass is 10.1. The predicted molar refractivity (Wildman–Crippen MR) is 60.8 cm³/mol. The van der Waals surface area contributed by atoms with Crippen molar-refractivity contribution in [2.75, 3.05) is 13.7 Å². The van der Waals surface area contributed by atoms with Crippen LogP contribution in [0.2, 0.25) is 0 Å². The average Bonchev–Trinajstić information content (AvgIpc) is 2.63. The van der Waals surface area contributed by atoms with Gasteiger partial charge in [0.2, 0.25) is 0 Å². The van der Waals surface area contributed by atoms with Crippen LogP contribution in [0.1, 0.15) is 32.0 Å². The fraction of sp³-hybridized carbons (Fsp3) is 0.727. The predicted octanol–water partition coefficient (Wildman–Crippen LogP) is 1.37. The highest BCUT2D eigenvalue weighted by Crippen LogP contribution is 2.06. The van der Waals surface area contributed by atoms with Crippen molar-refractivity contribution in [2.45, 2.75) is 38.8 Å². The normalized spacial score (nSPS) is 13.4. The number of hydrogen-bond acceptors (Lipinski definition) is 3. The minimum absolute atomic E-state index is 0.110. The molecule has 0 aliphatic heterocycles. The van der Waals surface area contributed by atoms with Gasteiger partial charge >= 0.3 is 0 Å². The first-order valence-corrected chi connectivity index (χ1v) is 5.42. The van der Waals surface area contributed by atoms with Gasteiger partial charge in [-0.3, -0.25) is 4.68 Å². The molecule has 0 amide bonds. The summed E-state index contributed by atoms with van der Waals surface area (Å²) in [6, 6.07) is 2.59. The van der Waals surface area contributed by atoms with E-state index in [1.54, 1.807) is 7.11 Å². The van der Waals surface area contributed by atoms with Crippen molar-refractivity contribution in [1.29, 1.82) is 0 Å². The molecule has 0 bridgehead atoms. The molecule has 1 aromatic heterocycles. The summed E-state index contributed by atoms with van der Waals surface area (Å²) in [5.41, 5.74) is 6.95. The van der Waals surface area contributed by atoms with E-state index >= 15 is 0 Å². The van der Waals surface area contributed by atoms with Crippen LogP contribution < -0.4 is 5.73 Å². The molecule has 0 aromatic carbocycles. The maximum Gasteiger partial charge on any atom is 0.0625 e. The molecule has 15 heavy (non-hydrogen) atoms. The molecular formula is C11H21N3O. The lowest BCUT2D eigenvalue weighted by Gasteiger charge is -2.08. The molecule has 86 valence electrons. The first kappa shape index (κ1) is 12.2. The van der Waals surface area contributed by atoms with Gasteiger partial charge in [0.05, 0.1) is 12.3 Å². The first-order chi connectivity index (χ1) is 7.13. The Kier molecular flexibility index (Phi) is 4.78. The average molecular weight is 211 g/mol. The molecule has 0 spiro atoms. The molecule has 0 radical (unpaired) electrons. The Morgan fingerprint density at radius 3 is 2.80 bits per heavy atom. The van der Waals surface area contributed by atoms with E-state index in [2.05, 4.69) is 25.0 Å². The van der Waals surface area contributed by atoms with Crippen LogP contribution in [0, 0.1) is 0 Å². The zero-order valence-corrected chi connectivity index (χ0v) is 9.81. The second-order valence-corrected chi connectivity index (χ2v) is 4.13. The zero-order chi connectivity index (χ0) is 11.3. The number of aryl methyl sites for hydroxylation is 1. The number of rotatable bonds is 6. The summed E-state index contributed by atoms with van der Waals surface area (Å²) in [5.74, 6) is 0. The number of aromatic nitrogens is 2. The van der Waals surface area contributed by atoms with Gasteiger partial charge in [0.15, 0.2) is 0 Å². The van der Waals surface area contributed by atoms with Gasteiger partial charge in [0, 0.05) is 25.4 Å². The second kappa shape index (κ2) is 5.88. The molecule has 1 aromatic rings. The summed E-state index contributed by atoms with van der Waals surface area (Å²) >= 11 is 0. The highest BCUT2D eigenvalue weighted by molar-refractivity contribution is 5.00. The second-order valence-electron chi connectivity index (χ2n) is 4.13. The molecule has 4 nitrogen and oxygen atoms in total. The molecule has 0 saturated carbocycles. The summed E-state index contributed by atoms with van der Waals surface area (Å²) in [5, 5.41) is 4.46. The van der Waals surface area contributed by atoms with Crippen molar-refractivity contribution in [3.05, 3.63) is 18.0 Å². The lowest BCUT2D eigenvalue weighted by Crippen LogP contribution is -2.26. The van der Waals surface area contributed by atoms with E-state index in [4.69, 9.17) is 10.5 Å². The third kappa shape index (κ3) is 4.01. The summed E-state index contributed by atoms with van der Waals surface area (Å²) in [7, 11) is 1.67. The Hall–Kier alpha value is -0.870. The van der Waals surface area contributed by atoms with Crippen molar-refractivity contribution in [2.24, 2.45) is 5.73 Å². The number of hydrogen-bond donors (Lipinski definition) is 1. The van der Waals surface area contributed by atoms with Gasteiger partial charge in [-0.15, -0.1) is 0 Å². The quantitative estimate of drug-likeness (QED) is 0.773. The summed E-state index contributed by atoms with van der Waals surface area (Å²) < 4.78 is 6.95. The number of ether oxygens (including phenoxy) is 1. The Morgan fingerprint density at radius 1 is 1.53 bits per heavy atom. The molecule has 0 saturated heterocycles. The Labute approximate surface area is 91.4 Å². The minimum atomic E-state index is 0.110. The maximum atomic E-state index is 5.84. The summed E-state index contributed by atoms with van der Waals surface area (Å²) in [6.07, 6.45) is 3.86. The third-order valence-electron chi connectivity index (χ3n) is 2.34. The Bertz CT molecular complexity index is 283. The third-order valence-corrected chi connectivity index (χ3v) is 2.34. The Balaban J connectivity index is 2.37. The smallest absolute Gasteiger partial charge is 0.0625 e. The van der Waals surface area contributed by atoms with E-state index in [0.717, 1.165) is 18.5 Å². The van der Waals surface area contributed by atoms with Gasteiger partial charge in [0.25, 0.3) is 0 Å². The van der Waals surface area contributed by atoms with E-state index in [-0.39, 0.29) is 6.04 Å². The highest BCUT2D eigenvalue weighted by Gasteiger charge is 2.05. The lowest BCUT2D eigenvalue weighted by molar-refractivity contribution is 0.177. The summed E-state index contributed by atoms with van der Waals surface area (Å²) in [6.45, 7) is 4.85. The van der Waals surface area contributed by atoms with Crippen molar-refractivity contribution < 1.29 is 4.74 Å². The first-order valence-electron chi connectivity index (χ1n) is 5.42. The van der Waals surface area contributed by atoms with Gasteiger partial charge < -0.3 is 10.5 Å². The fourth-order valence-corrected chi connectivity index (χ4v) is 1.43. The number of methoxy groups -OCH3 is 1. The van der Waals surface area contributed by atoms with Crippen LogP contribution in [0.15, 0.2) is 12.3 Å². The minimum Gasteiger partial charge on any atom is -0.383 e. The molecule has 4 heteroatoms. The highest BCUT2D eigenvalue weighted by atomic mass is 16.5. The topological polar surface area (TPSA) is 53.1 Å². The van der Waals surface area contributed by atoms with Gasteiger partial charge in [-0.05, 0) is 32.8 Å². The molecule has 1 atom stereocenters. The van der Waals surface area contributed by atoms with E-state index in [0.29, 0.717) is 12.6 Å². The van der Waals surface area contributed by atoms with Crippen LogP contribution in [-0.4, -0.2) is 29.5 Å². The van der Waals surface area contributed by atoms with Gasteiger partial charge in [0.1, 0.15) is 0 Å². The molecule has 1 rings (SSSR count). The molecule has 1 unspecified atom stereocenters. The van der Waals surface area contributed by atoms with Crippen LogP contribution in [0.3, 0.4) is 0 Å². The van der Waals surface area contributed by atoms with Crippen LogP contribution in [-0.2, 0) is 11.2 Å². The number of nitrogens with zero attached hydrogens (tertiary/aromatic N) is 2. The van der Waals surface area contributed by atoms with E-state index in [9.17, 15) is 0 Å². The van der Waals surface area contributed by atoms with Crippen LogP contribution in [0.5, 0.6) is 0 Å². The van der Waals surface area contributed by atoms with E-state index in [1.807, 2.05) is 10.9 Å².